The highest BCUT2D eigenvalue weighted by Gasteiger charge is 2.44. The molecule has 1 aliphatic rings. The van der Waals surface area contributed by atoms with Crippen molar-refractivity contribution in [1.29, 1.82) is 0 Å². The van der Waals surface area contributed by atoms with Crippen LogP contribution >= 0.6 is 11.6 Å². The number of aryl methyl sites for hydroxylation is 3. The number of halogens is 1. The summed E-state index contributed by atoms with van der Waals surface area (Å²) in [6.07, 6.45) is 3.43. The molecule has 2 aromatic carbocycles. The van der Waals surface area contributed by atoms with E-state index in [1.54, 1.807) is 12.1 Å². The largest absolute Gasteiger partial charge is 0.457 e. The summed E-state index contributed by atoms with van der Waals surface area (Å²) >= 11 is 5.99. The summed E-state index contributed by atoms with van der Waals surface area (Å²) in [6.45, 7) is 5.68. The van der Waals surface area contributed by atoms with Gasteiger partial charge in [0.15, 0.2) is 6.61 Å². The van der Waals surface area contributed by atoms with Crippen LogP contribution in [0.1, 0.15) is 58.3 Å². The lowest BCUT2D eigenvalue weighted by atomic mass is 9.79. The SMILES string of the molecule is Cc1cc(C)c(C(=O)COC(=O)C2(c3ccc(Cl)cc3)CCCC2)cc1C. The third-order valence-electron chi connectivity index (χ3n) is 5.72. The molecule has 0 atom stereocenters. The predicted octanol–water partition coefficient (Wildman–Crippen LogP) is 5.50. The molecule has 3 nitrogen and oxygen atoms in total. The Morgan fingerprint density at radius 2 is 1.56 bits per heavy atom. The molecule has 27 heavy (non-hydrogen) atoms. The fourth-order valence-corrected chi connectivity index (χ4v) is 4.09. The number of carbonyl (C=O) groups is 2. The minimum atomic E-state index is -0.664. The number of rotatable bonds is 5. The first kappa shape index (κ1) is 19.6. The van der Waals surface area contributed by atoms with E-state index < -0.39 is 5.41 Å². The van der Waals surface area contributed by atoms with Crippen LogP contribution in [-0.4, -0.2) is 18.4 Å². The molecule has 0 bridgehead atoms. The van der Waals surface area contributed by atoms with Crippen LogP contribution in [0.5, 0.6) is 0 Å². The molecule has 0 N–H and O–H groups in total. The van der Waals surface area contributed by atoms with E-state index in [0.29, 0.717) is 10.6 Å². The molecule has 0 heterocycles. The van der Waals surface area contributed by atoms with Gasteiger partial charge in [0.25, 0.3) is 0 Å². The van der Waals surface area contributed by atoms with Gasteiger partial charge in [-0.25, -0.2) is 0 Å². The first-order chi connectivity index (χ1) is 12.8. The number of esters is 1. The van der Waals surface area contributed by atoms with E-state index in [1.165, 1.54) is 0 Å². The van der Waals surface area contributed by atoms with Crippen molar-refractivity contribution in [2.45, 2.75) is 51.9 Å². The van der Waals surface area contributed by atoms with E-state index in [2.05, 4.69) is 0 Å². The second kappa shape index (κ2) is 7.85. The predicted molar refractivity (Wildman–Crippen MR) is 108 cm³/mol. The van der Waals surface area contributed by atoms with Gasteiger partial charge in [0, 0.05) is 10.6 Å². The number of carbonyl (C=O) groups excluding carboxylic acids is 2. The molecule has 0 spiro atoms. The van der Waals surface area contributed by atoms with E-state index in [0.717, 1.165) is 47.9 Å². The van der Waals surface area contributed by atoms with Gasteiger partial charge in [-0.15, -0.1) is 0 Å². The van der Waals surface area contributed by atoms with E-state index >= 15 is 0 Å². The Kier molecular flexibility index (Phi) is 5.71. The van der Waals surface area contributed by atoms with Crippen LogP contribution in [0.3, 0.4) is 0 Å². The molecule has 0 aliphatic heterocycles. The second-order valence-electron chi connectivity index (χ2n) is 7.55. The molecule has 0 radical (unpaired) electrons. The van der Waals surface area contributed by atoms with Crippen LogP contribution in [0.2, 0.25) is 5.02 Å². The van der Waals surface area contributed by atoms with Crippen molar-refractivity contribution >= 4 is 23.4 Å². The monoisotopic (exact) mass is 384 g/mol. The van der Waals surface area contributed by atoms with Gasteiger partial charge >= 0.3 is 5.97 Å². The Labute approximate surface area is 165 Å². The number of hydrogen-bond donors (Lipinski definition) is 0. The van der Waals surface area contributed by atoms with Crippen LogP contribution in [0.15, 0.2) is 36.4 Å². The van der Waals surface area contributed by atoms with Gasteiger partial charge in [-0.2, -0.15) is 0 Å². The van der Waals surface area contributed by atoms with Gasteiger partial charge in [-0.05, 0) is 74.1 Å². The maximum absolute atomic E-state index is 13.0. The van der Waals surface area contributed by atoms with Gasteiger partial charge < -0.3 is 4.74 Å². The molecule has 0 saturated heterocycles. The first-order valence-corrected chi connectivity index (χ1v) is 9.75. The summed E-state index contributed by atoms with van der Waals surface area (Å²) in [5, 5.41) is 0.639. The van der Waals surface area contributed by atoms with E-state index in [1.807, 2.05) is 45.0 Å². The first-order valence-electron chi connectivity index (χ1n) is 9.38. The Hall–Kier alpha value is -2.13. The number of ether oxygens (including phenoxy) is 1. The van der Waals surface area contributed by atoms with Gasteiger partial charge in [0.1, 0.15) is 0 Å². The smallest absolute Gasteiger partial charge is 0.317 e. The zero-order valence-corrected chi connectivity index (χ0v) is 16.9. The van der Waals surface area contributed by atoms with Crippen LogP contribution < -0.4 is 0 Å². The van der Waals surface area contributed by atoms with E-state index in [-0.39, 0.29) is 18.4 Å². The van der Waals surface area contributed by atoms with Crippen molar-refractivity contribution in [2.75, 3.05) is 6.61 Å². The Morgan fingerprint density at radius 3 is 2.19 bits per heavy atom. The summed E-state index contributed by atoms with van der Waals surface area (Å²) in [5.74, 6) is -0.467. The average Bonchev–Trinajstić information content (AvgIpc) is 3.14. The lowest BCUT2D eigenvalue weighted by Crippen LogP contribution is -2.35. The van der Waals surface area contributed by atoms with E-state index in [4.69, 9.17) is 16.3 Å². The molecule has 1 saturated carbocycles. The molecule has 3 rings (SSSR count). The molecular weight excluding hydrogens is 360 g/mol. The Bertz CT molecular complexity index is 862. The molecule has 4 heteroatoms. The number of benzene rings is 2. The van der Waals surface area contributed by atoms with Gasteiger partial charge in [0.05, 0.1) is 5.41 Å². The second-order valence-corrected chi connectivity index (χ2v) is 7.98. The standard InChI is InChI=1S/C23H25ClO3/c1-15-12-17(3)20(13-16(15)2)21(25)14-27-22(26)23(10-4-5-11-23)18-6-8-19(24)9-7-18/h6-9,12-13H,4-5,10-11,14H2,1-3H3. The normalized spacial score (nSPS) is 15.6. The molecule has 1 aliphatic carbocycles. The topological polar surface area (TPSA) is 43.4 Å². The fraction of sp³-hybridized carbons (Fsp3) is 0.391. The van der Waals surface area contributed by atoms with Crippen molar-refractivity contribution in [2.24, 2.45) is 0 Å². The number of Topliss-reactive ketones (excluding diaryl/α,β-unsaturated/α-hetero) is 1. The number of ketones is 1. The molecule has 0 unspecified atom stereocenters. The third kappa shape index (κ3) is 3.93. The molecule has 142 valence electrons. The van der Waals surface area contributed by atoms with Crippen molar-refractivity contribution < 1.29 is 14.3 Å². The lowest BCUT2D eigenvalue weighted by Gasteiger charge is -2.27. The molecule has 2 aromatic rings. The minimum absolute atomic E-state index is 0.159. The summed E-state index contributed by atoms with van der Waals surface area (Å²) in [5.41, 5.74) is 4.00. The maximum atomic E-state index is 13.0. The fourth-order valence-electron chi connectivity index (χ4n) is 3.97. The van der Waals surface area contributed by atoms with Crippen LogP contribution in [0, 0.1) is 20.8 Å². The summed E-state index contributed by atoms with van der Waals surface area (Å²) in [4.78, 5) is 25.6. The number of hydrogen-bond acceptors (Lipinski definition) is 3. The van der Waals surface area contributed by atoms with Gasteiger partial charge in [0.2, 0.25) is 5.78 Å². The van der Waals surface area contributed by atoms with Gasteiger partial charge in [-0.1, -0.05) is 42.6 Å². The average molecular weight is 385 g/mol. The van der Waals surface area contributed by atoms with Crippen molar-refractivity contribution in [3.8, 4) is 0 Å². The van der Waals surface area contributed by atoms with Crippen molar-refractivity contribution in [3.05, 3.63) is 69.2 Å². The highest BCUT2D eigenvalue weighted by atomic mass is 35.5. The molecule has 0 aromatic heterocycles. The molecular formula is C23H25ClO3. The Morgan fingerprint density at radius 1 is 0.963 bits per heavy atom. The third-order valence-corrected chi connectivity index (χ3v) is 5.97. The summed E-state index contributed by atoms with van der Waals surface area (Å²) in [7, 11) is 0. The quantitative estimate of drug-likeness (QED) is 0.504. The summed E-state index contributed by atoms with van der Waals surface area (Å²) in [6, 6.07) is 11.3. The van der Waals surface area contributed by atoms with Crippen molar-refractivity contribution in [1.82, 2.24) is 0 Å². The summed E-state index contributed by atoms with van der Waals surface area (Å²) < 4.78 is 5.53. The van der Waals surface area contributed by atoms with Gasteiger partial charge in [-0.3, -0.25) is 9.59 Å². The molecule has 0 amide bonds. The van der Waals surface area contributed by atoms with E-state index in [9.17, 15) is 9.59 Å². The Balaban J connectivity index is 1.76. The highest BCUT2D eigenvalue weighted by Crippen LogP contribution is 2.42. The van der Waals surface area contributed by atoms with Crippen LogP contribution in [-0.2, 0) is 14.9 Å². The minimum Gasteiger partial charge on any atom is -0.457 e. The zero-order chi connectivity index (χ0) is 19.6. The zero-order valence-electron chi connectivity index (χ0n) is 16.1. The van der Waals surface area contributed by atoms with Crippen LogP contribution in [0.4, 0.5) is 0 Å². The molecule has 1 fully saturated rings. The van der Waals surface area contributed by atoms with Crippen molar-refractivity contribution in [3.63, 3.8) is 0 Å². The highest BCUT2D eigenvalue weighted by molar-refractivity contribution is 6.30. The van der Waals surface area contributed by atoms with Crippen LogP contribution in [0.25, 0.3) is 0 Å². The lowest BCUT2D eigenvalue weighted by molar-refractivity contribution is -0.149. The maximum Gasteiger partial charge on any atom is 0.317 e.